The zero-order valence-electron chi connectivity index (χ0n) is 12.6. The summed E-state index contributed by atoms with van der Waals surface area (Å²) in [6, 6.07) is 12.2. The molecule has 0 saturated heterocycles. The summed E-state index contributed by atoms with van der Waals surface area (Å²) in [7, 11) is 0. The second-order valence-electron chi connectivity index (χ2n) is 5.37. The van der Waals surface area contributed by atoms with Gasteiger partial charge < -0.3 is 10.6 Å². The van der Waals surface area contributed by atoms with E-state index in [-0.39, 0.29) is 18.0 Å². The monoisotopic (exact) mass is 283 g/mol. The fourth-order valence-electron chi connectivity index (χ4n) is 2.06. The number of rotatable bonds is 5. The minimum absolute atomic E-state index is 0.103. The fraction of sp³-hybridized carbons (Fsp3) is 0.294. The second kappa shape index (κ2) is 6.88. The molecule has 0 aliphatic heterocycles. The molecule has 2 N–H and O–H groups in total. The molecule has 110 valence electrons. The van der Waals surface area contributed by atoms with Crippen molar-refractivity contribution in [2.75, 3.05) is 5.32 Å². The maximum Gasteiger partial charge on any atom is 0.253 e. The summed E-state index contributed by atoms with van der Waals surface area (Å²) in [5.74, 6) is -0.103. The Labute approximate surface area is 125 Å². The summed E-state index contributed by atoms with van der Waals surface area (Å²) in [4.78, 5) is 16.1. The van der Waals surface area contributed by atoms with Gasteiger partial charge in [0, 0.05) is 24.5 Å². The van der Waals surface area contributed by atoms with E-state index in [1.54, 1.807) is 12.4 Å². The Kier molecular flexibility index (Phi) is 4.93. The molecular formula is C17H21N3O. The summed E-state index contributed by atoms with van der Waals surface area (Å²) < 4.78 is 0. The van der Waals surface area contributed by atoms with Gasteiger partial charge in [0.2, 0.25) is 0 Å². The highest BCUT2D eigenvalue weighted by Gasteiger charge is 2.10. The number of nitrogens with one attached hydrogen (secondary N) is 2. The van der Waals surface area contributed by atoms with Crippen molar-refractivity contribution in [1.82, 2.24) is 10.3 Å². The molecule has 1 amide bonds. The van der Waals surface area contributed by atoms with E-state index >= 15 is 0 Å². The van der Waals surface area contributed by atoms with Gasteiger partial charge in [-0.05, 0) is 32.4 Å². The van der Waals surface area contributed by atoms with Gasteiger partial charge in [0.15, 0.2) is 0 Å². The van der Waals surface area contributed by atoms with Gasteiger partial charge in [0.05, 0.1) is 11.3 Å². The largest absolute Gasteiger partial charge is 0.377 e. The van der Waals surface area contributed by atoms with E-state index in [2.05, 4.69) is 34.7 Å². The van der Waals surface area contributed by atoms with Crippen LogP contribution in [0.5, 0.6) is 0 Å². The summed E-state index contributed by atoms with van der Waals surface area (Å²) in [6.07, 6.45) is 3.31. The minimum Gasteiger partial charge on any atom is -0.377 e. The normalized spacial score (nSPS) is 12.0. The molecule has 1 heterocycles. The smallest absolute Gasteiger partial charge is 0.253 e. The number of amides is 1. The number of aromatic nitrogens is 1. The lowest BCUT2D eigenvalue weighted by atomic mass is 10.1. The molecule has 4 nitrogen and oxygen atoms in total. The standard InChI is InChI=1S/C17H21N3O/c1-12(2)19-17(21)15-9-16(11-18-10-15)20-13(3)14-7-5-4-6-8-14/h4-13,20H,1-3H3,(H,19,21). The van der Waals surface area contributed by atoms with Crippen LogP contribution in [0, 0.1) is 0 Å². The molecule has 21 heavy (non-hydrogen) atoms. The predicted octanol–water partition coefficient (Wildman–Crippen LogP) is 3.39. The molecule has 0 saturated carbocycles. The van der Waals surface area contributed by atoms with Gasteiger partial charge in [-0.3, -0.25) is 9.78 Å². The zero-order chi connectivity index (χ0) is 15.2. The molecular weight excluding hydrogens is 262 g/mol. The van der Waals surface area contributed by atoms with Crippen LogP contribution in [0.3, 0.4) is 0 Å². The lowest BCUT2D eigenvalue weighted by Gasteiger charge is -2.16. The van der Waals surface area contributed by atoms with Crippen LogP contribution in [-0.2, 0) is 0 Å². The molecule has 2 aromatic rings. The van der Waals surface area contributed by atoms with E-state index in [4.69, 9.17) is 0 Å². The minimum atomic E-state index is -0.103. The van der Waals surface area contributed by atoms with E-state index in [1.807, 2.05) is 38.1 Å². The van der Waals surface area contributed by atoms with Gasteiger partial charge in [0.25, 0.3) is 5.91 Å². The lowest BCUT2D eigenvalue weighted by molar-refractivity contribution is 0.0943. The number of carbonyl (C=O) groups is 1. The first-order chi connectivity index (χ1) is 10.1. The Bertz CT molecular complexity index is 596. The van der Waals surface area contributed by atoms with Crippen LogP contribution in [0.4, 0.5) is 5.69 Å². The Balaban J connectivity index is 2.09. The van der Waals surface area contributed by atoms with Crippen LogP contribution >= 0.6 is 0 Å². The number of benzene rings is 1. The van der Waals surface area contributed by atoms with Crippen molar-refractivity contribution in [2.45, 2.75) is 32.9 Å². The highest BCUT2D eigenvalue weighted by atomic mass is 16.1. The lowest BCUT2D eigenvalue weighted by Crippen LogP contribution is -2.30. The van der Waals surface area contributed by atoms with E-state index in [0.717, 1.165) is 5.69 Å². The van der Waals surface area contributed by atoms with Gasteiger partial charge in [0.1, 0.15) is 0 Å². The van der Waals surface area contributed by atoms with Gasteiger partial charge in [-0.25, -0.2) is 0 Å². The maximum absolute atomic E-state index is 12.0. The van der Waals surface area contributed by atoms with Crippen LogP contribution in [0.25, 0.3) is 0 Å². The molecule has 0 spiro atoms. The number of hydrogen-bond acceptors (Lipinski definition) is 3. The Hall–Kier alpha value is -2.36. The molecule has 1 atom stereocenters. The number of anilines is 1. The maximum atomic E-state index is 12.0. The van der Waals surface area contributed by atoms with Gasteiger partial charge in [-0.2, -0.15) is 0 Å². The average molecular weight is 283 g/mol. The highest BCUT2D eigenvalue weighted by Crippen LogP contribution is 2.19. The van der Waals surface area contributed by atoms with E-state index < -0.39 is 0 Å². The number of nitrogens with zero attached hydrogens (tertiary/aromatic N) is 1. The van der Waals surface area contributed by atoms with E-state index in [0.29, 0.717) is 5.56 Å². The van der Waals surface area contributed by atoms with Crippen LogP contribution in [-0.4, -0.2) is 16.9 Å². The van der Waals surface area contributed by atoms with Gasteiger partial charge in [-0.15, -0.1) is 0 Å². The number of hydrogen-bond donors (Lipinski definition) is 2. The molecule has 1 unspecified atom stereocenters. The van der Waals surface area contributed by atoms with Crippen LogP contribution in [0.1, 0.15) is 42.7 Å². The fourth-order valence-corrected chi connectivity index (χ4v) is 2.06. The van der Waals surface area contributed by atoms with Gasteiger partial charge >= 0.3 is 0 Å². The zero-order valence-corrected chi connectivity index (χ0v) is 12.6. The van der Waals surface area contributed by atoms with E-state index in [1.165, 1.54) is 5.56 Å². The van der Waals surface area contributed by atoms with Gasteiger partial charge in [-0.1, -0.05) is 30.3 Å². The summed E-state index contributed by atoms with van der Waals surface area (Å²) in [6.45, 7) is 5.95. The first kappa shape index (κ1) is 15.0. The van der Waals surface area contributed by atoms with Crippen molar-refractivity contribution in [1.29, 1.82) is 0 Å². The van der Waals surface area contributed by atoms with E-state index in [9.17, 15) is 4.79 Å². The van der Waals surface area contributed by atoms with Crippen molar-refractivity contribution in [3.63, 3.8) is 0 Å². The van der Waals surface area contributed by atoms with Crippen molar-refractivity contribution in [2.24, 2.45) is 0 Å². The average Bonchev–Trinajstić information content (AvgIpc) is 2.47. The predicted molar refractivity (Wildman–Crippen MR) is 85.3 cm³/mol. The van der Waals surface area contributed by atoms with Crippen LogP contribution in [0.2, 0.25) is 0 Å². The third-order valence-electron chi connectivity index (χ3n) is 3.10. The van der Waals surface area contributed by atoms with Crippen LogP contribution in [0.15, 0.2) is 48.8 Å². The molecule has 4 heteroatoms. The molecule has 0 fully saturated rings. The topological polar surface area (TPSA) is 54.0 Å². The molecule has 0 aliphatic rings. The summed E-state index contributed by atoms with van der Waals surface area (Å²) >= 11 is 0. The summed E-state index contributed by atoms with van der Waals surface area (Å²) in [5, 5.41) is 6.23. The Morgan fingerprint density at radius 3 is 2.48 bits per heavy atom. The van der Waals surface area contributed by atoms with Crippen molar-refractivity contribution in [3.05, 3.63) is 59.9 Å². The molecule has 2 rings (SSSR count). The van der Waals surface area contributed by atoms with Crippen molar-refractivity contribution in [3.8, 4) is 0 Å². The Morgan fingerprint density at radius 1 is 1.10 bits per heavy atom. The molecule has 0 bridgehead atoms. The molecule has 1 aromatic heterocycles. The Morgan fingerprint density at radius 2 is 1.81 bits per heavy atom. The molecule has 0 aliphatic carbocycles. The number of pyridine rings is 1. The van der Waals surface area contributed by atoms with Crippen LogP contribution < -0.4 is 10.6 Å². The van der Waals surface area contributed by atoms with Crippen molar-refractivity contribution >= 4 is 11.6 Å². The first-order valence-electron chi connectivity index (χ1n) is 7.13. The summed E-state index contributed by atoms with van der Waals surface area (Å²) in [5.41, 5.74) is 2.59. The third-order valence-corrected chi connectivity index (χ3v) is 3.10. The first-order valence-corrected chi connectivity index (χ1v) is 7.13. The number of carbonyl (C=O) groups excluding carboxylic acids is 1. The van der Waals surface area contributed by atoms with Crippen molar-refractivity contribution < 1.29 is 4.79 Å². The highest BCUT2D eigenvalue weighted by molar-refractivity contribution is 5.94. The molecule has 1 aromatic carbocycles. The SMILES string of the molecule is CC(C)NC(=O)c1cncc(NC(C)c2ccccc2)c1. The second-order valence-corrected chi connectivity index (χ2v) is 5.37. The third kappa shape index (κ3) is 4.31. The molecule has 0 radical (unpaired) electrons. The quantitative estimate of drug-likeness (QED) is 0.884.